The van der Waals surface area contributed by atoms with Crippen LogP contribution in [0.1, 0.15) is 31.9 Å². The van der Waals surface area contributed by atoms with Crippen LogP contribution in [-0.4, -0.2) is 35.0 Å². The monoisotopic (exact) mass is 350 g/mol. The summed E-state index contributed by atoms with van der Waals surface area (Å²) in [6.07, 6.45) is 14.1. The van der Waals surface area contributed by atoms with Crippen molar-refractivity contribution in [1.29, 1.82) is 0 Å². The molecule has 26 heavy (non-hydrogen) atoms. The quantitative estimate of drug-likeness (QED) is 0.572. The van der Waals surface area contributed by atoms with Crippen LogP contribution >= 0.6 is 0 Å². The van der Waals surface area contributed by atoms with E-state index < -0.39 is 0 Å². The van der Waals surface area contributed by atoms with Crippen molar-refractivity contribution in [2.75, 3.05) is 5.73 Å². The molecule has 4 aromatic rings. The number of imidazole rings is 1. The molecule has 8 heteroatoms. The highest BCUT2D eigenvalue weighted by Crippen LogP contribution is 2.25. The largest absolute Gasteiger partial charge is 0.367 e. The highest BCUT2D eigenvalue weighted by atomic mass is 15.3. The molecule has 0 radical (unpaired) electrons. The Kier molecular flexibility index (Phi) is 4.26. The van der Waals surface area contributed by atoms with Crippen molar-refractivity contribution in [3.8, 4) is 11.1 Å². The fourth-order valence-corrected chi connectivity index (χ4v) is 2.92. The predicted molar refractivity (Wildman–Crippen MR) is 101 cm³/mol. The molecule has 4 heterocycles. The summed E-state index contributed by atoms with van der Waals surface area (Å²) >= 11 is 0. The molecule has 1 aliphatic carbocycles. The van der Waals surface area contributed by atoms with Gasteiger partial charge in [0.15, 0.2) is 0 Å². The lowest BCUT2D eigenvalue weighted by Gasteiger charge is -2.18. The van der Waals surface area contributed by atoms with E-state index in [1.807, 2.05) is 35.3 Å². The van der Waals surface area contributed by atoms with Gasteiger partial charge in [0.25, 0.3) is 0 Å². The molecule has 8 nitrogen and oxygen atoms in total. The van der Waals surface area contributed by atoms with Gasteiger partial charge in [-0.25, -0.2) is 19.5 Å². The number of hydrogen-bond donors (Lipinski definition) is 2. The highest BCUT2D eigenvalue weighted by Gasteiger charge is 2.10. The number of nitrogens with two attached hydrogens (primary N) is 2. The van der Waals surface area contributed by atoms with E-state index in [1.165, 1.54) is 19.3 Å². The topological polar surface area (TPSA) is 112 Å². The van der Waals surface area contributed by atoms with Crippen LogP contribution in [0.3, 0.4) is 0 Å². The van der Waals surface area contributed by atoms with Gasteiger partial charge in [-0.2, -0.15) is 0 Å². The van der Waals surface area contributed by atoms with E-state index in [9.17, 15) is 0 Å². The van der Waals surface area contributed by atoms with Crippen molar-refractivity contribution in [2.24, 2.45) is 5.73 Å². The Balaban J connectivity index is 0.000000292. The number of anilines is 1. The number of hydrogen-bond acceptors (Lipinski definition) is 6. The molecule has 0 aliphatic heterocycles. The first-order valence-electron chi connectivity index (χ1n) is 8.83. The standard InChI is InChI=1S/C14H13N7.C4H9N/c1-2-10-6-18-14-17-5-9(8-20(10)14)11-3-4-21-12(11)7-16-13(15)19-21;5-4-2-1-3-4/h3-8H,2H2,1H3,(H2,15,19);4H,1-3,5H2. The van der Waals surface area contributed by atoms with Gasteiger partial charge in [0.05, 0.1) is 17.9 Å². The summed E-state index contributed by atoms with van der Waals surface area (Å²) in [6, 6.07) is 2.55. The molecule has 0 saturated heterocycles. The zero-order valence-corrected chi connectivity index (χ0v) is 14.7. The van der Waals surface area contributed by atoms with Gasteiger partial charge in [0.1, 0.15) is 0 Å². The van der Waals surface area contributed by atoms with Crippen LogP contribution in [0.25, 0.3) is 22.4 Å². The lowest BCUT2D eigenvalue weighted by atomic mass is 9.95. The van der Waals surface area contributed by atoms with Crippen LogP contribution < -0.4 is 11.5 Å². The van der Waals surface area contributed by atoms with Gasteiger partial charge in [-0.3, -0.25) is 4.40 Å². The van der Waals surface area contributed by atoms with Gasteiger partial charge in [0.2, 0.25) is 11.7 Å². The molecule has 0 atom stereocenters. The Morgan fingerprint density at radius 3 is 2.62 bits per heavy atom. The van der Waals surface area contributed by atoms with Gasteiger partial charge < -0.3 is 11.5 Å². The zero-order chi connectivity index (χ0) is 18.1. The number of aryl methyl sites for hydroxylation is 1. The summed E-state index contributed by atoms with van der Waals surface area (Å²) in [5.41, 5.74) is 15.0. The molecular formula is C18H22N8. The summed E-state index contributed by atoms with van der Waals surface area (Å²) in [7, 11) is 0. The van der Waals surface area contributed by atoms with E-state index in [2.05, 4.69) is 27.0 Å². The van der Waals surface area contributed by atoms with E-state index in [-0.39, 0.29) is 5.95 Å². The molecule has 0 aromatic carbocycles. The van der Waals surface area contributed by atoms with Crippen molar-refractivity contribution >= 4 is 17.2 Å². The van der Waals surface area contributed by atoms with Crippen LogP contribution in [0.5, 0.6) is 0 Å². The molecule has 0 amide bonds. The fraction of sp³-hybridized carbons (Fsp3) is 0.333. The molecule has 5 rings (SSSR count). The van der Waals surface area contributed by atoms with Crippen molar-refractivity contribution < 1.29 is 0 Å². The van der Waals surface area contributed by atoms with Gasteiger partial charge >= 0.3 is 0 Å². The summed E-state index contributed by atoms with van der Waals surface area (Å²) in [4.78, 5) is 12.8. The second kappa shape index (κ2) is 6.72. The Labute approximate surface area is 150 Å². The van der Waals surface area contributed by atoms with Crippen molar-refractivity contribution in [3.05, 3.63) is 42.7 Å². The normalized spacial score (nSPS) is 14.2. The maximum absolute atomic E-state index is 5.60. The van der Waals surface area contributed by atoms with Crippen LogP contribution in [0.4, 0.5) is 5.95 Å². The van der Waals surface area contributed by atoms with E-state index in [1.54, 1.807) is 10.7 Å². The Morgan fingerprint density at radius 2 is 1.92 bits per heavy atom. The third kappa shape index (κ3) is 2.99. The molecular weight excluding hydrogens is 328 g/mol. The minimum atomic E-state index is 0.251. The first-order valence-corrected chi connectivity index (χ1v) is 8.83. The number of nitrogen functional groups attached to an aromatic ring is 1. The Morgan fingerprint density at radius 1 is 1.15 bits per heavy atom. The molecule has 0 bridgehead atoms. The lowest BCUT2D eigenvalue weighted by Crippen LogP contribution is -2.27. The average molecular weight is 350 g/mol. The number of fused-ring (bicyclic) bond motifs is 2. The van der Waals surface area contributed by atoms with Gasteiger partial charge in [0, 0.05) is 41.5 Å². The summed E-state index contributed by atoms with van der Waals surface area (Å²) in [5, 5.41) is 4.15. The lowest BCUT2D eigenvalue weighted by molar-refractivity contribution is 0.418. The minimum Gasteiger partial charge on any atom is -0.367 e. The van der Waals surface area contributed by atoms with Gasteiger partial charge in [-0.15, -0.1) is 5.10 Å². The van der Waals surface area contributed by atoms with Crippen molar-refractivity contribution in [1.82, 2.24) is 29.0 Å². The molecule has 0 spiro atoms. The summed E-state index contributed by atoms with van der Waals surface area (Å²) in [6.45, 7) is 2.10. The molecule has 4 aromatic heterocycles. The second-order valence-electron chi connectivity index (χ2n) is 6.48. The number of aromatic nitrogens is 6. The van der Waals surface area contributed by atoms with E-state index in [0.29, 0.717) is 11.8 Å². The maximum atomic E-state index is 5.60. The summed E-state index contributed by atoms with van der Waals surface area (Å²) in [5.74, 6) is 0.959. The van der Waals surface area contributed by atoms with Crippen molar-refractivity contribution in [3.63, 3.8) is 0 Å². The molecule has 0 unspecified atom stereocenters. The second-order valence-corrected chi connectivity index (χ2v) is 6.48. The van der Waals surface area contributed by atoms with Crippen LogP contribution in [0.2, 0.25) is 0 Å². The summed E-state index contributed by atoms with van der Waals surface area (Å²) < 4.78 is 3.73. The van der Waals surface area contributed by atoms with Crippen LogP contribution in [0.15, 0.2) is 37.1 Å². The smallest absolute Gasteiger partial charge is 0.238 e. The first-order chi connectivity index (χ1) is 12.7. The zero-order valence-electron chi connectivity index (χ0n) is 14.7. The maximum Gasteiger partial charge on any atom is 0.238 e. The molecule has 1 aliphatic rings. The fourth-order valence-electron chi connectivity index (χ4n) is 2.92. The van der Waals surface area contributed by atoms with Gasteiger partial charge in [-0.05, 0) is 25.3 Å². The molecule has 134 valence electrons. The SMILES string of the molecule is CCc1cnc2ncc(-c3ccn4nc(N)ncc34)cn12.NC1CCC1. The highest BCUT2D eigenvalue weighted by molar-refractivity contribution is 5.79. The minimum absolute atomic E-state index is 0.251. The Bertz CT molecular complexity index is 1040. The van der Waals surface area contributed by atoms with Crippen LogP contribution in [0, 0.1) is 0 Å². The van der Waals surface area contributed by atoms with Crippen molar-refractivity contribution in [2.45, 2.75) is 38.6 Å². The molecule has 1 saturated carbocycles. The predicted octanol–water partition coefficient (Wildman–Crippen LogP) is 2.08. The van der Waals surface area contributed by atoms with E-state index in [0.717, 1.165) is 28.8 Å². The van der Waals surface area contributed by atoms with Crippen LogP contribution in [-0.2, 0) is 6.42 Å². The first kappa shape index (κ1) is 16.5. The molecule has 1 fully saturated rings. The van der Waals surface area contributed by atoms with E-state index in [4.69, 9.17) is 11.5 Å². The van der Waals surface area contributed by atoms with E-state index >= 15 is 0 Å². The molecule has 4 N–H and O–H groups in total. The average Bonchev–Trinajstić information content (AvgIpc) is 3.23. The number of rotatable bonds is 2. The van der Waals surface area contributed by atoms with Gasteiger partial charge in [-0.1, -0.05) is 13.3 Å². The third-order valence-corrected chi connectivity index (χ3v) is 4.70. The third-order valence-electron chi connectivity index (χ3n) is 4.70. The Hall–Kier alpha value is -3.00. The number of nitrogens with zero attached hydrogens (tertiary/aromatic N) is 6.